The summed E-state index contributed by atoms with van der Waals surface area (Å²) in [5.41, 5.74) is 4.63. The van der Waals surface area contributed by atoms with Crippen molar-refractivity contribution in [3.8, 4) is 11.1 Å². The molecule has 0 bridgehead atoms. The highest BCUT2D eigenvalue weighted by Crippen LogP contribution is 2.44. The molecule has 1 aliphatic carbocycles. The summed E-state index contributed by atoms with van der Waals surface area (Å²) in [4.78, 5) is 36.5. The molecule has 0 spiro atoms. The van der Waals surface area contributed by atoms with Gasteiger partial charge in [0, 0.05) is 38.0 Å². The summed E-state index contributed by atoms with van der Waals surface area (Å²) in [6, 6.07) is 16.3. The van der Waals surface area contributed by atoms with Crippen LogP contribution in [0.3, 0.4) is 0 Å². The Hall–Kier alpha value is -3.61. The molecule has 0 unspecified atom stereocenters. The number of carbonyl (C=O) groups excluding carboxylic acids is 2. The van der Waals surface area contributed by atoms with Crippen molar-refractivity contribution < 1.29 is 24.2 Å². The summed E-state index contributed by atoms with van der Waals surface area (Å²) in [6.07, 6.45) is 2.83. The molecule has 0 heterocycles. The third-order valence-electron chi connectivity index (χ3n) is 5.48. The molecule has 7 heteroatoms. The maximum atomic E-state index is 12.2. The van der Waals surface area contributed by atoms with Gasteiger partial charge in [-0.3, -0.25) is 9.59 Å². The summed E-state index contributed by atoms with van der Waals surface area (Å²) in [5.74, 6) is -1.10. The number of fused-ring (bicyclic) bond motifs is 3. The van der Waals surface area contributed by atoms with Crippen molar-refractivity contribution in [2.24, 2.45) is 0 Å². The van der Waals surface area contributed by atoms with Crippen LogP contribution in [-0.2, 0) is 14.3 Å². The highest BCUT2D eigenvalue weighted by atomic mass is 16.5. The highest BCUT2D eigenvalue weighted by Gasteiger charge is 2.28. The zero-order valence-corrected chi connectivity index (χ0v) is 18.1. The smallest absolute Gasteiger partial charge is 0.407 e. The molecule has 1 aliphatic rings. The maximum Gasteiger partial charge on any atom is 0.407 e. The van der Waals surface area contributed by atoms with Gasteiger partial charge in [-0.1, -0.05) is 54.6 Å². The second-order valence-corrected chi connectivity index (χ2v) is 7.52. The second kappa shape index (κ2) is 11.1. The van der Waals surface area contributed by atoms with E-state index in [0.29, 0.717) is 19.5 Å². The van der Waals surface area contributed by atoms with Crippen molar-refractivity contribution in [3.63, 3.8) is 0 Å². The van der Waals surface area contributed by atoms with Gasteiger partial charge in [-0.15, -0.1) is 0 Å². The van der Waals surface area contributed by atoms with E-state index < -0.39 is 12.1 Å². The first-order chi connectivity index (χ1) is 15.5. The maximum absolute atomic E-state index is 12.2. The summed E-state index contributed by atoms with van der Waals surface area (Å²) in [6.45, 7) is 3.10. The first kappa shape index (κ1) is 23.1. The number of carboxylic acids is 1. The normalized spacial score (nSPS) is 12.3. The number of ether oxygens (including phenoxy) is 1. The Morgan fingerprint density at radius 2 is 1.69 bits per heavy atom. The largest absolute Gasteiger partial charge is 0.481 e. The number of carboxylic acid groups (broad SMARTS) is 1. The van der Waals surface area contributed by atoms with E-state index in [1.165, 1.54) is 17.2 Å². The average Bonchev–Trinajstić information content (AvgIpc) is 3.11. The van der Waals surface area contributed by atoms with Crippen LogP contribution in [-0.4, -0.2) is 54.2 Å². The third-order valence-corrected chi connectivity index (χ3v) is 5.48. The van der Waals surface area contributed by atoms with Crippen molar-refractivity contribution in [1.82, 2.24) is 10.2 Å². The fourth-order valence-corrected chi connectivity index (χ4v) is 3.90. The lowest BCUT2D eigenvalue weighted by Crippen LogP contribution is -2.31. The number of amides is 2. The molecule has 2 aromatic rings. The average molecular weight is 437 g/mol. The number of rotatable bonds is 10. The number of nitrogens with one attached hydrogen (secondary N) is 1. The first-order valence-electron chi connectivity index (χ1n) is 10.8. The van der Waals surface area contributed by atoms with Crippen molar-refractivity contribution in [2.75, 3.05) is 26.2 Å². The summed E-state index contributed by atoms with van der Waals surface area (Å²) >= 11 is 0. The zero-order valence-electron chi connectivity index (χ0n) is 18.1. The first-order valence-corrected chi connectivity index (χ1v) is 10.8. The molecule has 0 saturated heterocycles. The molecule has 32 heavy (non-hydrogen) atoms. The van der Waals surface area contributed by atoms with Crippen LogP contribution in [0.2, 0.25) is 0 Å². The predicted octanol–water partition coefficient (Wildman–Crippen LogP) is 3.79. The van der Waals surface area contributed by atoms with Crippen molar-refractivity contribution in [1.29, 1.82) is 0 Å². The lowest BCUT2D eigenvalue weighted by molar-refractivity contribution is -0.137. The quantitative estimate of drug-likeness (QED) is 0.553. The van der Waals surface area contributed by atoms with Gasteiger partial charge in [-0.25, -0.2) is 4.79 Å². The van der Waals surface area contributed by atoms with Crippen LogP contribution < -0.4 is 5.32 Å². The predicted molar refractivity (Wildman–Crippen MR) is 121 cm³/mol. The van der Waals surface area contributed by atoms with Crippen LogP contribution >= 0.6 is 0 Å². The second-order valence-electron chi connectivity index (χ2n) is 7.52. The SMILES string of the molecule is CCN(CCCC(=O)O)C(=O)/C=C/CNC(=O)OCC1c2ccccc2-c2ccccc21. The molecule has 0 aliphatic heterocycles. The summed E-state index contributed by atoms with van der Waals surface area (Å²) in [5, 5.41) is 11.3. The van der Waals surface area contributed by atoms with E-state index in [2.05, 4.69) is 29.6 Å². The Labute approximate surface area is 187 Å². The van der Waals surface area contributed by atoms with Gasteiger partial charge in [0.2, 0.25) is 5.91 Å². The van der Waals surface area contributed by atoms with E-state index in [0.717, 1.165) is 11.1 Å². The molecule has 2 aromatic carbocycles. The van der Waals surface area contributed by atoms with Crippen LogP contribution in [0.5, 0.6) is 0 Å². The monoisotopic (exact) mass is 436 g/mol. The van der Waals surface area contributed by atoms with E-state index in [9.17, 15) is 14.4 Å². The third kappa shape index (κ3) is 5.75. The number of hydrogen-bond donors (Lipinski definition) is 2. The van der Waals surface area contributed by atoms with Gasteiger partial charge in [0.15, 0.2) is 0 Å². The topological polar surface area (TPSA) is 95.9 Å². The Bertz CT molecular complexity index is 956. The molecular weight excluding hydrogens is 408 g/mol. The fourth-order valence-electron chi connectivity index (χ4n) is 3.90. The van der Waals surface area contributed by atoms with Crippen LogP contribution in [0.4, 0.5) is 4.79 Å². The molecule has 0 fully saturated rings. The Morgan fingerprint density at radius 1 is 1.06 bits per heavy atom. The molecule has 0 saturated carbocycles. The van der Waals surface area contributed by atoms with Crippen molar-refractivity contribution in [3.05, 3.63) is 71.8 Å². The fraction of sp³-hybridized carbons (Fsp3) is 0.320. The number of carbonyl (C=O) groups is 3. The molecule has 7 nitrogen and oxygen atoms in total. The van der Waals surface area contributed by atoms with Crippen LogP contribution in [0.15, 0.2) is 60.7 Å². The number of aliphatic carboxylic acids is 1. The zero-order chi connectivity index (χ0) is 22.9. The van der Waals surface area contributed by atoms with E-state index in [1.807, 2.05) is 31.2 Å². The van der Waals surface area contributed by atoms with Crippen LogP contribution in [0, 0.1) is 0 Å². The molecule has 3 rings (SSSR count). The highest BCUT2D eigenvalue weighted by molar-refractivity contribution is 5.87. The number of benzene rings is 2. The van der Waals surface area contributed by atoms with E-state index >= 15 is 0 Å². The van der Waals surface area contributed by atoms with Crippen molar-refractivity contribution in [2.45, 2.75) is 25.7 Å². The van der Waals surface area contributed by atoms with Crippen LogP contribution in [0.1, 0.15) is 36.8 Å². The van der Waals surface area contributed by atoms with E-state index in [-0.39, 0.29) is 31.4 Å². The standard InChI is InChI=1S/C25H28N2O5/c1-2-27(16-8-14-24(29)30)23(28)13-7-15-26-25(31)32-17-22-20-11-5-3-9-18(20)19-10-4-6-12-21(19)22/h3-7,9-13,22H,2,8,14-17H2,1H3,(H,26,31)(H,29,30)/b13-7+. The molecule has 0 aromatic heterocycles. The molecule has 2 N–H and O–H groups in total. The van der Waals surface area contributed by atoms with E-state index in [4.69, 9.17) is 9.84 Å². The van der Waals surface area contributed by atoms with Gasteiger partial charge >= 0.3 is 12.1 Å². The minimum Gasteiger partial charge on any atom is -0.481 e. The summed E-state index contributed by atoms with van der Waals surface area (Å²) < 4.78 is 5.46. The minimum atomic E-state index is -0.878. The van der Waals surface area contributed by atoms with Gasteiger partial charge < -0.3 is 20.1 Å². The summed E-state index contributed by atoms with van der Waals surface area (Å²) in [7, 11) is 0. The number of likely N-dealkylation sites (N-methyl/N-ethyl adjacent to an activating group) is 1. The Kier molecular flexibility index (Phi) is 8.02. The Morgan fingerprint density at radius 3 is 2.28 bits per heavy atom. The molecule has 0 atom stereocenters. The lowest BCUT2D eigenvalue weighted by atomic mass is 9.98. The molecule has 0 radical (unpaired) electrons. The van der Waals surface area contributed by atoms with Gasteiger partial charge in [0.05, 0.1) is 0 Å². The molecule has 2 amide bonds. The molecular formula is C25H28N2O5. The van der Waals surface area contributed by atoms with Crippen LogP contribution in [0.25, 0.3) is 11.1 Å². The minimum absolute atomic E-state index is 0.00538. The number of alkyl carbamates (subject to hydrolysis) is 1. The van der Waals surface area contributed by atoms with Gasteiger partial charge in [-0.2, -0.15) is 0 Å². The van der Waals surface area contributed by atoms with Gasteiger partial charge in [0.25, 0.3) is 0 Å². The number of hydrogen-bond acceptors (Lipinski definition) is 4. The van der Waals surface area contributed by atoms with Gasteiger partial charge in [0.1, 0.15) is 6.61 Å². The van der Waals surface area contributed by atoms with Crippen molar-refractivity contribution >= 4 is 18.0 Å². The van der Waals surface area contributed by atoms with Gasteiger partial charge in [-0.05, 0) is 35.6 Å². The number of nitrogens with zero attached hydrogens (tertiary/aromatic N) is 1. The Balaban J connectivity index is 1.46. The molecule has 168 valence electrons. The lowest BCUT2D eigenvalue weighted by Gasteiger charge is -2.18. The van der Waals surface area contributed by atoms with E-state index in [1.54, 1.807) is 11.0 Å².